The summed E-state index contributed by atoms with van der Waals surface area (Å²) in [7, 11) is 0. The Labute approximate surface area is 290 Å². The first-order chi connectivity index (χ1) is 25.3. The summed E-state index contributed by atoms with van der Waals surface area (Å²) < 4.78 is 15.3. The summed E-state index contributed by atoms with van der Waals surface area (Å²) in [6.07, 6.45) is 0. The van der Waals surface area contributed by atoms with Crippen LogP contribution < -0.4 is 0 Å². The molecule has 6 nitrogen and oxygen atoms in total. The van der Waals surface area contributed by atoms with Gasteiger partial charge in [-0.15, -0.1) is 0 Å². The zero-order chi connectivity index (χ0) is 33.5. The van der Waals surface area contributed by atoms with Crippen LogP contribution in [0.15, 0.2) is 167 Å². The van der Waals surface area contributed by atoms with E-state index >= 15 is 0 Å². The van der Waals surface area contributed by atoms with Crippen LogP contribution in [0.4, 0.5) is 0 Å². The van der Waals surface area contributed by atoms with Crippen LogP contribution in [-0.2, 0) is 0 Å². The van der Waals surface area contributed by atoms with Crippen molar-refractivity contribution in [2.24, 2.45) is 0 Å². The molecule has 7 aromatic carbocycles. The molecule has 4 aromatic heterocycles. The molecule has 0 aliphatic heterocycles. The normalized spacial score (nSPS) is 11.9. The number of aromatic nitrogens is 4. The van der Waals surface area contributed by atoms with Gasteiger partial charge in [0.25, 0.3) is 0 Å². The molecular formula is C45H26N4O2. The highest BCUT2D eigenvalue weighted by Crippen LogP contribution is 2.39. The Morgan fingerprint density at radius 3 is 1.55 bits per heavy atom. The van der Waals surface area contributed by atoms with Crippen molar-refractivity contribution < 1.29 is 8.83 Å². The summed E-state index contributed by atoms with van der Waals surface area (Å²) in [5.41, 5.74) is 9.11. The van der Waals surface area contributed by atoms with Crippen LogP contribution in [0.1, 0.15) is 0 Å². The first kappa shape index (κ1) is 27.9. The molecule has 0 unspecified atom stereocenters. The molecule has 0 radical (unpaired) electrons. The van der Waals surface area contributed by atoms with Crippen molar-refractivity contribution in [1.82, 2.24) is 19.5 Å². The maximum absolute atomic E-state index is 6.77. The van der Waals surface area contributed by atoms with E-state index in [1.54, 1.807) is 0 Å². The largest absolute Gasteiger partial charge is 0.456 e. The van der Waals surface area contributed by atoms with Gasteiger partial charge in [0.2, 0.25) is 0 Å². The number of furan rings is 2. The van der Waals surface area contributed by atoms with Crippen LogP contribution >= 0.6 is 0 Å². The lowest BCUT2D eigenvalue weighted by atomic mass is 10.1. The third-order valence-electron chi connectivity index (χ3n) is 9.86. The Bertz CT molecular complexity index is 3100. The quantitative estimate of drug-likeness (QED) is 0.189. The minimum absolute atomic E-state index is 0.563. The predicted molar refractivity (Wildman–Crippen MR) is 205 cm³/mol. The highest BCUT2D eigenvalue weighted by atomic mass is 16.3. The Balaban J connectivity index is 1.09. The van der Waals surface area contributed by atoms with E-state index in [-0.39, 0.29) is 0 Å². The molecule has 0 aliphatic rings. The molecule has 0 spiro atoms. The molecule has 0 N–H and O–H groups in total. The second-order valence-corrected chi connectivity index (χ2v) is 12.8. The minimum atomic E-state index is 0.563. The molecule has 0 aliphatic carbocycles. The van der Waals surface area contributed by atoms with Crippen LogP contribution in [0.25, 0.3) is 106 Å². The van der Waals surface area contributed by atoms with Gasteiger partial charge >= 0.3 is 0 Å². The van der Waals surface area contributed by atoms with Gasteiger partial charge in [-0.1, -0.05) is 109 Å². The summed E-state index contributed by atoms with van der Waals surface area (Å²) in [4.78, 5) is 15.0. The second-order valence-electron chi connectivity index (χ2n) is 12.8. The summed E-state index contributed by atoms with van der Waals surface area (Å²) in [5.74, 6) is 1.73. The van der Waals surface area contributed by atoms with E-state index in [2.05, 4.69) is 102 Å². The monoisotopic (exact) mass is 654 g/mol. The maximum atomic E-state index is 6.77. The molecule has 0 saturated carbocycles. The highest BCUT2D eigenvalue weighted by Gasteiger charge is 2.19. The van der Waals surface area contributed by atoms with Gasteiger partial charge in [-0.2, -0.15) is 0 Å². The number of para-hydroxylation sites is 4. The molecule has 0 bridgehead atoms. The Kier molecular flexibility index (Phi) is 5.86. The van der Waals surface area contributed by atoms with Gasteiger partial charge in [0.1, 0.15) is 16.7 Å². The first-order valence-corrected chi connectivity index (χ1v) is 16.9. The molecular weight excluding hydrogens is 629 g/mol. The number of fused-ring (bicyclic) bond motifs is 9. The third kappa shape index (κ3) is 4.26. The van der Waals surface area contributed by atoms with Gasteiger partial charge in [0.05, 0.1) is 16.7 Å². The average Bonchev–Trinajstić information content (AvgIpc) is 3.87. The fourth-order valence-corrected chi connectivity index (χ4v) is 7.50. The number of hydrogen-bond acceptors (Lipinski definition) is 5. The van der Waals surface area contributed by atoms with Crippen molar-refractivity contribution in [3.8, 4) is 39.9 Å². The Morgan fingerprint density at radius 2 is 0.863 bits per heavy atom. The molecule has 0 amide bonds. The molecule has 238 valence electrons. The molecule has 0 fully saturated rings. The standard InChI is InChI=1S/C45H26N4O2/c1-2-11-27(12-3-1)43-46-44(28-21-23-33-32-15-6-9-20-39(32)50-40(33)25-28)48-45(47-43)29-22-24-34-35-16-10-19-38(42(35)51-41(34)26-29)49-36-17-7-4-13-30(36)31-14-5-8-18-37(31)49/h1-26H. The number of rotatable bonds is 4. The van der Waals surface area contributed by atoms with Crippen LogP contribution in [0.2, 0.25) is 0 Å². The molecule has 4 heterocycles. The lowest BCUT2D eigenvalue weighted by Crippen LogP contribution is -2.00. The lowest BCUT2D eigenvalue weighted by molar-refractivity contribution is 0.666. The highest BCUT2D eigenvalue weighted by molar-refractivity contribution is 6.13. The van der Waals surface area contributed by atoms with E-state index in [9.17, 15) is 0 Å². The molecule has 11 aromatic rings. The zero-order valence-corrected chi connectivity index (χ0v) is 27.1. The Morgan fingerprint density at radius 1 is 0.353 bits per heavy atom. The lowest BCUT2D eigenvalue weighted by Gasteiger charge is -2.08. The van der Waals surface area contributed by atoms with Crippen molar-refractivity contribution >= 4 is 65.7 Å². The maximum Gasteiger partial charge on any atom is 0.164 e. The van der Waals surface area contributed by atoms with E-state index in [1.165, 1.54) is 10.8 Å². The van der Waals surface area contributed by atoms with Crippen molar-refractivity contribution in [1.29, 1.82) is 0 Å². The van der Waals surface area contributed by atoms with E-state index in [1.807, 2.05) is 60.7 Å². The number of benzene rings is 7. The molecule has 0 saturated heterocycles. The topological polar surface area (TPSA) is 69.9 Å². The van der Waals surface area contributed by atoms with E-state index < -0.39 is 0 Å². The molecule has 51 heavy (non-hydrogen) atoms. The fraction of sp³-hybridized carbons (Fsp3) is 0. The SMILES string of the molecule is c1ccc(-c2nc(-c3ccc4c(c3)oc3ccccc34)nc(-c3ccc4c(c3)oc3c(-n5c6ccccc6c6ccccc65)cccc34)n2)cc1. The summed E-state index contributed by atoms with van der Waals surface area (Å²) >= 11 is 0. The van der Waals surface area contributed by atoms with Crippen LogP contribution in [0.3, 0.4) is 0 Å². The third-order valence-corrected chi connectivity index (χ3v) is 9.86. The van der Waals surface area contributed by atoms with Crippen molar-refractivity contribution in [2.75, 3.05) is 0 Å². The van der Waals surface area contributed by atoms with E-state index in [0.717, 1.165) is 77.3 Å². The fourth-order valence-electron chi connectivity index (χ4n) is 7.50. The van der Waals surface area contributed by atoms with Crippen LogP contribution in [0, 0.1) is 0 Å². The van der Waals surface area contributed by atoms with E-state index in [0.29, 0.717) is 17.5 Å². The molecule has 0 atom stereocenters. The van der Waals surface area contributed by atoms with Crippen molar-refractivity contribution in [2.45, 2.75) is 0 Å². The van der Waals surface area contributed by atoms with Gasteiger partial charge < -0.3 is 13.4 Å². The van der Waals surface area contributed by atoms with Gasteiger partial charge in [0.15, 0.2) is 23.1 Å². The van der Waals surface area contributed by atoms with Gasteiger partial charge in [0, 0.05) is 49.0 Å². The summed E-state index contributed by atoms with van der Waals surface area (Å²) in [6, 6.07) is 53.9. The van der Waals surface area contributed by atoms with E-state index in [4.69, 9.17) is 23.8 Å². The number of nitrogens with zero attached hydrogens (tertiary/aromatic N) is 4. The van der Waals surface area contributed by atoms with Crippen molar-refractivity contribution in [3.05, 3.63) is 158 Å². The summed E-state index contributed by atoms with van der Waals surface area (Å²) in [6.45, 7) is 0. The van der Waals surface area contributed by atoms with Crippen molar-refractivity contribution in [3.63, 3.8) is 0 Å². The zero-order valence-electron chi connectivity index (χ0n) is 27.1. The summed E-state index contributed by atoms with van der Waals surface area (Å²) in [5, 5.41) is 6.65. The molecule has 6 heteroatoms. The average molecular weight is 655 g/mol. The molecule has 11 rings (SSSR count). The van der Waals surface area contributed by atoms with Gasteiger partial charge in [-0.05, 0) is 48.5 Å². The smallest absolute Gasteiger partial charge is 0.164 e. The first-order valence-electron chi connectivity index (χ1n) is 16.9. The van der Waals surface area contributed by atoms with Crippen LogP contribution in [0.5, 0.6) is 0 Å². The predicted octanol–water partition coefficient (Wildman–Crippen LogP) is 11.8. The van der Waals surface area contributed by atoms with Gasteiger partial charge in [-0.3, -0.25) is 0 Å². The van der Waals surface area contributed by atoms with Crippen LogP contribution in [-0.4, -0.2) is 19.5 Å². The number of hydrogen-bond donors (Lipinski definition) is 0. The van der Waals surface area contributed by atoms with Gasteiger partial charge in [-0.25, -0.2) is 15.0 Å². The minimum Gasteiger partial charge on any atom is -0.456 e. The Hall–Kier alpha value is -7.05. The second kappa shape index (κ2) is 10.7.